The number of anilines is 1. The number of carbonyl (C=O) groups excluding carboxylic acids is 1. The van der Waals surface area contributed by atoms with Crippen LogP contribution in [0.1, 0.15) is 23.5 Å². The van der Waals surface area contributed by atoms with E-state index in [1.54, 1.807) is 0 Å². The number of benzene rings is 3. The molecule has 142 valence electrons. The average Bonchev–Trinajstić information content (AvgIpc) is 2.67. The van der Waals surface area contributed by atoms with Crippen LogP contribution in [0.2, 0.25) is 0 Å². The third-order valence-corrected chi connectivity index (χ3v) is 5.59. The summed E-state index contributed by atoms with van der Waals surface area (Å²) in [5.74, 6) is 1.18. The van der Waals surface area contributed by atoms with Crippen LogP contribution in [0, 0.1) is 0 Å². The Hall–Kier alpha value is -3.16. The Bertz CT molecular complexity index is 1100. The highest BCUT2D eigenvalue weighted by molar-refractivity contribution is 7.89. The lowest BCUT2D eigenvalue weighted by atomic mass is 9.85. The zero-order chi connectivity index (χ0) is 19.7. The van der Waals surface area contributed by atoms with Gasteiger partial charge in [-0.15, -0.1) is 0 Å². The molecule has 1 amide bonds. The summed E-state index contributed by atoms with van der Waals surface area (Å²) < 4.78 is 28.6. The summed E-state index contributed by atoms with van der Waals surface area (Å²) in [6.45, 7) is 0. The van der Waals surface area contributed by atoms with Crippen LogP contribution in [-0.4, -0.2) is 14.3 Å². The van der Waals surface area contributed by atoms with Gasteiger partial charge in [0.2, 0.25) is 15.9 Å². The molecule has 0 radical (unpaired) electrons. The third kappa shape index (κ3) is 3.62. The van der Waals surface area contributed by atoms with Crippen LogP contribution in [0.15, 0.2) is 77.7 Å². The minimum Gasteiger partial charge on any atom is -0.457 e. The molecule has 1 heterocycles. The lowest BCUT2D eigenvalue weighted by molar-refractivity contribution is -0.116. The van der Waals surface area contributed by atoms with Gasteiger partial charge in [0.05, 0.1) is 4.90 Å². The predicted molar refractivity (Wildman–Crippen MR) is 106 cm³/mol. The third-order valence-electron chi connectivity index (χ3n) is 4.66. The lowest BCUT2D eigenvalue weighted by Crippen LogP contribution is -2.19. The number of sulfonamides is 1. The fraction of sp³-hybridized carbons (Fsp3) is 0.0952. The molecule has 0 spiro atoms. The van der Waals surface area contributed by atoms with Gasteiger partial charge >= 0.3 is 0 Å². The highest BCUT2D eigenvalue weighted by Crippen LogP contribution is 2.45. The van der Waals surface area contributed by atoms with E-state index in [-0.39, 0.29) is 23.1 Å². The lowest BCUT2D eigenvalue weighted by Gasteiger charge is -2.27. The van der Waals surface area contributed by atoms with E-state index < -0.39 is 10.0 Å². The van der Waals surface area contributed by atoms with Crippen molar-refractivity contribution in [3.63, 3.8) is 0 Å². The minimum atomic E-state index is -3.76. The van der Waals surface area contributed by atoms with Gasteiger partial charge in [0, 0.05) is 29.2 Å². The number of nitrogens with one attached hydrogen (secondary N) is 1. The van der Waals surface area contributed by atoms with Gasteiger partial charge in [-0.1, -0.05) is 36.4 Å². The molecule has 6 nitrogen and oxygen atoms in total. The van der Waals surface area contributed by atoms with Gasteiger partial charge in [-0.2, -0.15) is 0 Å². The average molecular weight is 394 g/mol. The van der Waals surface area contributed by atoms with Crippen molar-refractivity contribution in [2.75, 3.05) is 5.32 Å². The van der Waals surface area contributed by atoms with Crippen LogP contribution in [0.5, 0.6) is 11.5 Å². The maximum absolute atomic E-state index is 12.7. The quantitative estimate of drug-likeness (QED) is 0.706. The molecule has 0 fully saturated rings. The van der Waals surface area contributed by atoms with Crippen LogP contribution in [-0.2, 0) is 14.8 Å². The van der Waals surface area contributed by atoms with Crippen LogP contribution in [0.4, 0.5) is 5.69 Å². The second kappa shape index (κ2) is 7.10. The molecule has 0 saturated heterocycles. The molecule has 1 aliphatic rings. The van der Waals surface area contributed by atoms with Crippen molar-refractivity contribution in [3.05, 3.63) is 83.9 Å². The van der Waals surface area contributed by atoms with E-state index in [1.807, 2.05) is 48.5 Å². The van der Waals surface area contributed by atoms with Gasteiger partial charge in [0.1, 0.15) is 11.5 Å². The summed E-state index contributed by atoms with van der Waals surface area (Å²) in [5.41, 5.74) is 2.42. The summed E-state index contributed by atoms with van der Waals surface area (Å²) >= 11 is 0. The first-order chi connectivity index (χ1) is 13.4. The molecular formula is C21H18N2O4S. The molecule has 1 aliphatic heterocycles. The number of hydrogen-bond acceptors (Lipinski definition) is 4. The number of carbonyl (C=O) groups is 1. The van der Waals surface area contributed by atoms with Crippen LogP contribution in [0.25, 0.3) is 0 Å². The molecule has 7 heteroatoms. The highest BCUT2D eigenvalue weighted by Gasteiger charge is 2.28. The van der Waals surface area contributed by atoms with E-state index in [0.717, 1.165) is 22.6 Å². The smallest absolute Gasteiger partial charge is 0.238 e. The molecule has 0 saturated carbocycles. The van der Waals surface area contributed by atoms with Crippen molar-refractivity contribution in [3.8, 4) is 11.5 Å². The molecule has 0 unspecified atom stereocenters. The molecule has 0 bridgehead atoms. The van der Waals surface area contributed by atoms with Crippen molar-refractivity contribution in [2.24, 2.45) is 5.14 Å². The fourth-order valence-electron chi connectivity index (χ4n) is 3.35. The van der Waals surface area contributed by atoms with Crippen molar-refractivity contribution in [2.45, 2.75) is 17.2 Å². The van der Waals surface area contributed by atoms with Crippen LogP contribution in [0.3, 0.4) is 0 Å². The van der Waals surface area contributed by atoms with Crippen molar-refractivity contribution in [1.82, 2.24) is 0 Å². The Labute approximate surface area is 163 Å². The molecule has 0 aliphatic carbocycles. The first-order valence-electron chi connectivity index (χ1n) is 8.70. The Balaban J connectivity index is 1.57. The normalized spacial score (nSPS) is 13.2. The van der Waals surface area contributed by atoms with Crippen LogP contribution < -0.4 is 15.2 Å². The predicted octanol–water partition coefficient (Wildman–Crippen LogP) is 3.60. The molecule has 3 aromatic carbocycles. The van der Waals surface area contributed by atoms with Crippen molar-refractivity contribution < 1.29 is 17.9 Å². The monoisotopic (exact) mass is 394 g/mol. The van der Waals surface area contributed by atoms with Crippen molar-refractivity contribution in [1.29, 1.82) is 0 Å². The van der Waals surface area contributed by atoms with Gasteiger partial charge in [0.25, 0.3) is 0 Å². The van der Waals surface area contributed by atoms with E-state index >= 15 is 0 Å². The van der Waals surface area contributed by atoms with Gasteiger partial charge < -0.3 is 10.1 Å². The van der Waals surface area contributed by atoms with E-state index in [4.69, 9.17) is 9.88 Å². The number of fused-ring (bicyclic) bond motifs is 2. The topological polar surface area (TPSA) is 98.5 Å². The van der Waals surface area contributed by atoms with Gasteiger partial charge in [-0.25, -0.2) is 13.6 Å². The standard InChI is InChI=1S/C21H18N2O4S/c22-28(25,26)15-11-9-14(10-12-15)23-21(24)13-18-16-5-1-3-7-19(16)27-20-8-4-2-6-17(18)20/h1-12,18H,13H2,(H,23,24)(H2,22,25,26). The maximum atomic E-state index is 12.7. The van der Waals surface area contributed by atoms with E-state index in [9.17, 15) is 13.2 Å². The van der Waals surface area contributed by atoms with Gasteiger partial charge in [-0.05, 0) is 36.4 Å². The van der Waals surface area contributed by atoms with E-state index in [0.29, 0.717) is 5.69 Å². The molecule has 4 rings (SSSR count). The second-order valence-corrected chi connectivity index (χ2v) is 8.11. The molecular weight excluding hydrogens is 376 g/mol. The Kier molecular flexibility index (Phi) is 4.62. The van der Waals surface area contributed by atoms with Crippen molar-refractivity contribution >= 4 is 21.6 Å². The molecule has 3 N–H and O–H groups in total. The van der Waals surface area contributed by atoms with E-state index in [1.165, 1.54) is 24.3 Å². The largest absolute Gasteiger partial charge is 0.457 e. The van der Waals surface area contributed by atoms with E-state index in [2.05, 4.69) is 5.32 Å². The number of primary sulfonamides is 1. The molecule has 28 heavy (non-hydrogen) atoms. The second-order valence-electron chi connectivity index (χ2n) is 6.55. The molecule has 0 atom stereocenters. The maximum Gasteiger partial charge on any atom is 0.238 e. The number of hydrogen-bond donors (Lipinski definition) is 2. The number of nitrogens with two attached hydrogens (primary N) is 1. The minimum absolute atomic E-state index is 0.00205. The summed E-state index contributed by atoms with van der Waals surface area (Å²) in [7, 11) is -3.76. The Morgan fingerprint density at radius 2 is 1.43 bits per heavy atom. The zero-order valence-electron chi connectivity index (χ0n) is 14.8. The van der Waals surface area contributed by atoms with Crippen LogP contribution >= 0.6 is 0 Å². The number of amides is 1. The number of para-hydroxylation sites is 2. The van der Waals surface area contributed by atoms with Gasteiger partial charge in [-0.3, -0.25) is 4.79 Å². The number of ether oxygens (including phenoxy) is 1. The highest BCUT2D eigenvalue weighted by atomic mass is 32.2. The summed E-state index contributed by atoms with van der Waals surface area (Å²) in [6.07, 6.45) is 0.230. The molecule has 3 aromatic rings. The number of rotatable bonds is 4. The Morgan fingerprint density at radius 3 is 1.96 bits per heavy atom. The summed E-state index contributed by atoms with van der Waals surface area (Å²) in [6, 6.07) is 21.1. The zero-order valence-corrected chi connectivity index (χ0v) is 15.6. The van der Waals surface area contributed by atoms with Gasteiger partial charge in [0.15, 0.2) is 0 Å². The molecule has 0 aromatic heterocycles. The first kappa shape index (κ1) is 18.2. The first-order valence-corrected chi connectivity index (χ1v) is 10.2. The Morgan fingerprint density at radius 1 is 0.893 bits per heavy atom. The summed E-state index contributed by atoms with van der Waals surface area (Å²) in [4.78, 5) is 12.7. The summed E-state index contributed by atoms with van der Waals surface area (Å²) in [5, 5.41) is 7.91. The fourth-order valence-corrected chi connectivity index (χ4v) is 3.87. The SMILES string of the molecule is NS(=O)(=O)c1ccc(NC(=O)CC2c3ccccc3Oc3ccccc32)cc1.